The van der Waals surface area contributed by atoms with Gasteiger partial charge in [0.15, 0.2) is 0 Å². The van der Waals surface area contributed by atoms with Gasteiger partial charge in [-0.2, -0.15) is 10.4 Å². The van der Waals surface area contributed by atoms with E-state index >= 15 is 0 Å². The number of fused-ring (bicyclic) bond motifs is 2. The van der Waals surface area contributed by atoms with Crippen molar-refractivity contribution in [3.8, 4) is 23.1 Å². The van der Waals surface area contributed by atoms with Crippen molar-refractivity contribution in [2.45, 2.75) is 19.4 Å². The first-order valence-electron chi connectivity index (χ1n) is 10.4. The molecule has 4 heterocycles. The van der Waals surface area contributed by atoms with E-state index in [0.717, 1.165) is 25.5 Å². The maximum Gasteiger partial charge on any atom is 0.147 e. The summed E-state index contributed by atoms with van der Waals surface area (Å²) >= 11 is 0. The van der Waals surface area contributed by atoms with E-state index in [-0.39, 0.29) is 6.61 Å². The van der Waals surface area contributed by atoms with Crippen LogP contribution in [0, 0.1) is 29.1 Å². The largest absolute Gasteiger partial charge is 0.489 e. The van der Waals surface area contributed by atoms with Gasteiger partial charge in [0.2, 0.25) is 0 Å². The molecule has 3 aromatic rings. The van der Waals surface area contributed by atoms with Crippen LogP contribution in [-0.2, 0) is 0 Å². The number of hydrogen-bond donors (Lipinski definition) is 2. The van der Waals surface area contributed by atoms with E-state index < -0.39 is 5.60 Å². The Morgan fingerprint density at radius 1 is 1.26 bits per heavy atom. The Hall–Kier alpha value is -3.22. The first-order valence-corrected chi connectivity index (χ1v) is 10.4. The summed E-state index contributed by atoms with van der Waals surface area (Å²) in [4.78, 5) is 11.5. The molecule has 3 atom stereocenters. The normalized spacial score (nSPS) is 22.4. The van der Waals surface area contributed by atoms with E-state index in [0.29, 0.717) is 45.8 Å². The smallest absolute Gasteiger partial charge is 0.147 e. The third-order valence-electron chi connectivity index (χ3n) is 6.18. The molecule has 0 aromatic carbocycles. The molecule has 0 unspecified atom stereocenters. The molecular formula is C22H25N7O2. The molecule has 31 heavy (non-hydrogen) atoms. The molecular weight excluding hydrogens is 394 g/mol. The lowest BCUT2D eigenvalue weighted by molar-refractivity contribution is 0.0283. The van der Waals surface area contributed by atoms with Crippen LogP contribution >= 0.6 is 0 Å². The van der Waals surface area contributed by atoms with Crippen molar-refractivity contribution in [3.05, 3.63) is 36.4 Å². The molecule has 0 bridgehead atoms. The average Bonchev–Trinajstić information content (AvgIpc) is 3.07. The highest BCUT2D eigenvalue weighted by molar-refractivity contribution is 5.83. The lowest BCUT2D eigenvalue weighted by Gasteiger charge is -2.20. The maximum atomic E-state index is 9.98. The quantitative estimate of drug-likeness (QED) is 0.615. The molecule has 1 aliphatic heterocycles. The first-order chi connectivity index (χ1) is 14.9. The fraction of sp³-hybridized carbons (Fsp3) is 0.455. The van der Waals surface area contributed by atoms with E-state index in [1.165, 1.54) is 6.20 Å². The number of aromatic nitrogens is 4. The van der Waals surface area contributed by atoms with Crippen LogP contribution in [0.1, 0.15) is 19.4 Å². The molecule has 0 spiro atoms. The van der Waals surface area contributed by atoms with Gasteiger partial charge in [0.05, 0.1) is 47.2 Å². The Balaban J connectivity index is 1.45. The van der Waals surface area contributed by atoms with Crippen LogP contribution in [0.25, 0.3) is 16.8 Å². The third kappa shape index (κ3) is 3.58. The van der Waals surface area contributed by atoms with Crippen LogP contribution in [0.3, 0.4) is 0 Å². The van der Waals surface area contributed by atoms with Crippen LogP contribution in [0.5, 0.6) is 5.75 Å². The van der Waals surface area contributed by atoms with Crippen LogP contribution in [0.15, 0.2) is 30.9 Å². The summed E-state index contributed by atoms with van der Waals surface area (Å²) < 4.78 is 7.37. The van der Waals surface area contributed by atoms with Gasteiger partial charge in [-0.15, -0.1) is 0 Å². The van der Waals surface area contributed by atoms with Crippen molar-refractivity contribution in [1.82, 2.24) is 19.6 Å². The highest BCUT2D eigenvalue weighted by Crippen LogP contribution is 2.51. The van der Waals surface area contributed by atoms with Gasteiger partial charge in [-0.1, -0.05) is 0 Å². The molecule has 9 nitrogen and oxygen atoms in total. The van der Waals surface area contributed by atoms with Crippen LogP contribution in [0.4, 0.5) is 5.82 Å². The fourth-order valence-corrected chi connectivity index (χ4v) is 4.52. The summed E-state index contributed by atoms with van der Waals surface area (Å²) in [5.41, 5.74) is 7.26. The van der Waals surface area contributed by atoms with Gasteiger partial charge in [-0.3, -0.25) is 4.98 Å². The van der Waals surface area contributed by atoms with Gasteiger partial charge in [-0.25, -0.2) is 9.50 Å². The van der Waals surface area contributed by atoms with Gasteiger partial charge in [0, 0.05) is 18.7 Å². The zero-order chi connectivity index (χ0) is 21.8. The van der Waals surface area contributed by atoms with Crippen LogP contribution in [0.2, 0.25) is 0 Å². The molecule has 0 radical (unpaired) electrons. The molecule has 160 valence electrons. The van der Waals surface area contributed by atoms with Gasteiger partial charge in [0.1, 0.15) is 24.2 Å². The maximum absolute atomic E-state index is 9.98. The number of aliphatic hydroxyl groups is 1. The van der Waals surface area contributed by atoms with Crippen molar-refractivity contribution in [1.29, 1.82) is 5.26 Å². The molecule has 1 saturated heterocycles. The van der Waals surface area contributed by atoms with Crippen molar-refractivity contribution in [3.63, 3.8) is 0 Å². The van der Waals surface area contributed by atoms with Gasteiger partial charge < -0.3 is 20.5 Å². The number of hydrogen-bond acceptors (Lipinski definition) is 8. The molecule has 2 fully saturated rings. The van der Waals surface area contributed by atoms with Crippen molar-refractivity contribution < 1.29 is 9.84 Å². The number of anilines is 1. The van der Waals surface area contributed by atoms with Crippen molar-refractivity contribution in [2.24, 2.45) is 23.5 Å². The van der Waals surface area contributed by atoms with E-state index in [1.807, 2.05) is 6.07 Å². The second-order valence-corrected chi connectivity index (χ2v) is 9.05. The lowest BCUT2D eigenvalue weighted by atomic mass is 10.1. The minimum atomic E-state index is -0.974. The SMILES string of the molecule is CC(C)(O)COc1cc(-c2cnc(N3C[C@@H]4[C@@H](CN)[C@@H]4C3)cn2)c2c(C#N)cnn2c1. The second kappa shape index (κ2) is 7.18. The predicted octanol–water partition coefficient (Wildman–Crippen LogP) is 1.45. The number of nitrogens with two attached hydrogens (primary N) is 1. The lowest BCUT2D eigenvalue weighted by Crippen LogP contribution is -2.28. The zero-order valence-electron chi connectivity index (χ0n) is 17.6. The highest BCUT2D eigenvalue weighted by atomic mass is 16.5. The van der Waals surface area contributed by atoms with E-state index in [2.05, 4.69) is 26.0 Å². The fourth-order valence-electron chi connectivity index (χ4n) is 4.52. The Bertz CT molecular complexity index is 1150. The standard InChI is InChI=1S/C22H25N7O2/c1-22(2,30)12-31-14-3-15(21-13(4-23)6-27-29(21)9-14)19-7-26-20(8-25-19)28-10-17-16(5-24)18(17)11-28/h3,6-9,16-18,30H,5,10-12,24H2,1-2H3/t16-,17-,18+. The number of nitrogens with zero attached hydrogens (tertiary/aromatic N) is 6. The zero-order valence-corrected chi connectivity index (χ0v) is 17.6. The minimum absolute atomic E-state index is 0.121. The average molecular weight is 419 g/mol. The third-order valence-corrected chi connectivity index (χ3v) is 6.18. The van der Waals surface area contributed by atoms with Gasteiger partial charge in [0.25, 0.3) is 0 Å². The molecule has 3 aromatic heterocycles. The van der Waals surface area contributed by atoms with E-state index in [4.69, 9.17) is 10.5 Å². The Labute approximate surface area is 180 Å². The topological polar surface area (TPSA) is 126 Å². The van der Waals surface area contributed by atoms with Gasteiger partial charge >= 0.3 is 0 Å². The van der Waals surface area contributed by atoms with Crippen LogP contribution < -0.4 is 15.4 Å². The summed E-state index contributed by atoms with van der Waals surface area (Å²) in [6.07, 6.45) is 6.71. The Kier molecular flexibility index (Phi) is 4.57. The number of nitriles is 1. The van der Waals surface area contributed by atoms with E-state index in [1.54, 1.807) is 37.0 Å². The van der Waals surface area contributed by atoms with Gasteiger partial charge in [-0.05, 0) is 44.2 Å². The molecule has 1 saturated carbocycles. The molecule has 5 rings (SSSR count). The molecule has 0 amide bonds. The summed E-state index contributed by atoms with van der Waals surface area (Å²) in [6.45, 7) is 6.20. The summed E-state index contributed by atoms with van der Waals surface area (Å²) in [6, 6.07) is 3.99. The van der Waals surface area contributed by atoms with Crippen LogP contribution in [-0.4, -0.2) is 56.5 Å². The number of rotatable bonds is 6. The number of pyridine rings is 1. The highest BCUT2D eigenvalue weighted by Gasteiger charge is 2.54. The molecule has 2 aliphatic rings. The molecule has 9 heteroatoms. The monoisotopic (exact) mass is 419 g/mol. The summed E-state index contributed by atoms with van der Waals surface area (Å²) in [7, 11) is 0. The predicted molar refractivity (Wildman–Crippen MR) is 114 cm³/mol. The Morgan fingerprint density at radius 2 is 2.03 bits per heavy atom. The van der Waals surface area contributed by atoms with E-state index in [9.17, 15) is 10.4 Å². The van der Waals surface area contributed by atoms with Crippen molar-refractivity contribution in [2.75, 3.05) is 31.1 Å². The second-order valence-electron chi connectivity index (χ2n) is 9.05. The van der Waals surface area contributed by atoms with Crippen molar-refractivity contribution >= 4 is 11.3 Å². The minimum Gasteiger partial charge on any atom is -0.489 e. The first kappa shape index (κ1) is 19.7. The number of piperidine rings is 1. The summed E-state index contributed by atoms with van der Waals surface area (Å²) in [5.74, 6) is 3.40. The molecule has 3 N–H and O–H groups in total. The number of ether oxygens (including phenoxy) is 1. The summed E-state index contributed by atoms with van der Waals surface area (Å²) in [5, 5.41) is 23.8. The Morgan fingerprint density at radius 3 is 2.65 bits per heavy atom. The molecule has 1 aliphatic carbocycles.